The van der Waals surface area contributed by atoms with Gasteiger partial charge in [-0.1, -0.05) is 30.7 Å². The number of nitrogens with one attached hydrogen (secondary N) is 2. The van der Waals surface area contributed by atoms with Gasteiger partial charge in [-0.15, -0.1) is 0 Å². The Labute approximate surface area is 164 Å². The highest BCUT2D eigenvalue weighted by atomic mass is 35.5. The van der Waals surface area contributed by atoms with Gasteiger partial charge in [0.1, 0.15) is 0 Å². The zero-order valence-corrected chi connectivity index (χ0v) is 16.2. The SMILES string of the molecule is CCc1cccc(NC(=O)CNc2ccc(Cl)cc2C(=O)N2CCCC2)c1. The van der Waals surface area contributed by atoms with Gasteiger partial charge in [-0.05, 0) is 55.2 Å². The molecule has 0 unspecified atom stereocenters. The number of aryl methyl sites for hydroxylation is 1. The Hall–Kier alpha value is -2.53. The average molecular weight is 386 g/mol. The molecule has 0 bridgehead atoms. The molecule has 3 rings (SSSR count). The van der Waals surface area contributed by atoms with Crippen molar-refractivity contribution >= 4 is 34.8 Å². The summed E-state index contributed by atoms with van der Waals surface area (Å²) in [7, 11) is 0. The summed E-state index contributed by atoms with van der Waals surface area (Å²) in [5.74, 6) is -0.216. The summed E-state index contributed by atoms with van der Waals surface area (Å²) >= 11 is 6.09. The van der Waals surface area contributed by atoms with E-state index in [0.29, 0.717) is 16.3 Å². The Morgan fingerprint density at radius 3 is 2.63 bits per heavy atom. The normalized spacial score (nSPS) is 13.5. The molecule has 0 atom stereocenters. The molecule has 27 heavy (non-hydrogen) atoms. The lowest BCUT2D eigenvalue weighted by atomic mass is 10.1. The minimum absolute atomic E-state index is 0.0476. The molecular formula is C21H24ClN3O2. The third kappa shape index (κ3) is 5.01. The molecule has 2 aromatic rings. The van der Waals surface area contributed by atoms with Crippen LogP contribution in [-0.4, -0.2) is 36.3 Å². The second kappa shape index (κ2) is 8.91. The van der Waals surface area contributed by atoms with Crippen molar-refractivity contribution in [3.05, 3.63) is 58.6 Å². The van der Waals surface area contributed by atoms with Crippen LogP contribution in [0.25, 0.3) is 0 Å². The molecule has 1 saturated heterocycles. The predicted octanol–water partition coefficient (Wildman–Crippen LogP) is 4.19. The van der Waals surface area contributed by atoms with E-state index in [1.165, 1.54) is 0 Å². The Kier molecular flexibility index (Phi) is 6.35. The maximum atomic E-state index is 12.8. The molecule has 1 aliphatic rings. The highest BCUT2D eigenvalue weighted by Crippen LogP contribution is 2.24. The van der Waals surface area contributed by atoms with E-state index in [1.54, 1.807) is 18.2 Å². The molecule has 5 nitrogen and oxygen atoms in total. The lowest BCUT2D eigenvalue weighted by molar-refractivity contribution is -0.114. The summed E-state index contributed by atoms with van der Waals surface area (Å²) < 4.78 is 0. The van der Waals surface area contributed by atoms with Gasteiger partial charge < -0.3 is 15.5 Å². The molecule has 1 aliphatic heterocycles. The number of carbonyl (C=O) groups is 2. The molecule has 6 heteroatoms. The molecule has 2 amide bonds. The highest BCUT2D eigenvalue weighted by molar-refractivity contribution is 6.31. The van der Waals surface area contributed by atoms with E-state index in [0.717, 1.165) is 43.6 Å². The summed E-state index contributed by atoms with van der Waals surface area (Å²) in [6, 6.07) is 12.9. The number of anilines is 2. The number of hydrogen-bond acceptors (Lipinski definition) is 3. The standard InChI is InChI=1S/C21H24ClN3O2/c1-2-15-6-5-7-17(12-15)24-20(26)14-23-19-9-8-16(22)13-18(19)21(27)25-10-3-4-11-25/h5-9,12-13,23H,2-4,10-11,14H2,1H3,(H,24,26). The molecule has 2 N–H and O–H groups in total. The minimum atomic E-state index is -0.169. The fourth-order valence-electron chi connectivity index (χ4n) is 3.19. The number of benzene rings is 2. The first kappa shape index (κ1) is 19.2. The van der Waals surface area contributed by atoms with E-state index in [9.17, 15) is 9.59 Å². The first-order valence-electron chi connectivity index (χ1n) is 9.28. The molecular weight excluding hydrogens is 362 g/mol. The maximum Gasteiger partial charge on any atom is 0.256 e. The van der Waals surface area contributed by atoms with Crippen molar-refractivity contribution in [3.8, 4) is 0 Å². The summed E-state index contributed by atoms with van der Waals surface area (Å²) in [4.78, 5) is 26.9. The van der Waals surface area contributed by atoms with Gasteiger partial charge in [-0.2, -0.15) is 0 Å². The summed E-state index contributed by atoms with van der Waals surface area (Å²) in [6.45, 7) is 3.66. The topological polar surface area (TPSA) is 61.4 Å². The van der Waals surface area contributed by atoms with Crippen LogP contribution in [-0.2, 0) is 11.2 Å². The molecule has 0 saturated carbocycles. The van der Waals surface area contributed by atoms with Crippen LogP contribution in [0.15, 0.2) is 42.5 Å². The van der Waals surface area contributed by atoms with Gasteiger partial charge in [0, 0.05) is 29.5 Å². The van der Waals surface area contributed by atoms with Gasteiger partial charge >= 0.3 is 0 Å². The highest BCUT2D eigenvalue weighted by Gasteiger charge is 2.22. The molecule has 2 aromatic carbocycles. The number of nitrogens with zero attached hydrogens (tertiary/aromatic N) is 1. The fourth-order valence-corrected chi connectivity index (χ4v) is 3.36. The third-order valence-electron chi connectivity index (χ3n) is 4.66. The molecule has 0 radical (unpaired) electrons. The van der Waals surface area contributed by atoms with Crippen LogP contribution in [0.3, 0.4) is 0 Å². The number of rotatable bonds is 6. The first-order valence-corrected chi connectivity index (χ1v) is 9.66. The van der Waals surface area contributed by atoms with E-state index in [1.807, 2.05) is 29.2 Å². The molecule has 1 heterocycles. The van der Waals surface area contributed by atoms with Crippen molar-refractivity contribution in [2.45, 2.75) is 26.2 Å². The Morgan fingerprint density at radius 2 is 1.89 bits per heavy atom. The van der Waals surface area contributed by atoms with Crippen molar-refractivity contribution in [2.75, 3.05) is 30.3 Å². The van der Waals surface area contributed by atoms with E-state index < -0.39 is 0 Å². The van der Waals surface area contributed by atoms with Gasteiger partial charge in [0.2, 0.25) is 5.91 Å². The summed E-state index contributed by atoms with van der Waals surface area (Å²) in [5, 5.41) is 6.46. The van der Waals surface area contributed by atoms with E-state index >= 15 is 0 Å². The zero-order valence-electron chi connectivity index (χ0n) is 15.4. The smallest absolute Gasteiger partial charge is 0.256 e. The largest absolute Gasteiger partial charge is 0.375 e. The molecule has 142 valence electrons. The van der Waals surface area contributed by atoms with Gasteiger partial charge in [-0.3, -0.25) is 9.59 Å². The summed E-state index contributed by atoms with van der Waals surface area (Å²) in [6.07, 6.45) is 2.96. The second-order valence-electron chi connectivity index (χ2n) is 6.64. The van der Waals surface area contributed by atoms with Crippen molar-refractivity contribution in [1.29, 1.82) is 0 Å². The molecule has 1 fully saturated rings. The quantitative estimate of drug-likeness (QED) is 0.783. The Morgan fingerprint density at radius 1 is 1.11 bits per heavy atom. The molecule has 0 aliphatic carbocycles. The number of hydrogen-bond donors (Lipinski definition) is 2. The monoisotopic (exact) mass is 385 g/mol. The number of amides is 2. The second-order valence-corrected chi connectivity index (χ2v) is 7.08. The van der Waals surface area contributed by atoms with Crippen LogP contribution >= 0.6 is 11.6 Å². The van der Waals surface area contributed by atoms with Crippen LogP contribution in [0, 0.1) is 0 Å². The van der Waals surface area contributed by atoms with E-state index in [-0.39, 0.29) is 18.4 Å². The third-order valence-corrected chi connectivity index (χ3v) is 4.90. The van der Waals surface area contributed by atoms with Crippen LogP contribution in [0.1, 0.15) is 35.7 Å². The predicted molar refractivity (Wildman–Crippen MR) is 110 cm³/mol. The summed E-state index contributed by atoms with van der Waals surface area (Å²) in [5.41, 5.74) is 3.06. The Balaban J connectivity index is 1.66. The van der Waals surface area contributed by atoms with Crippen molar-refractivity contribution in [1.82, 2.24) is 4.90 Å². The molecule has 0 spiro atoms. The van der Waals surface area contributed by atoms with Gasteiger partial charge in [0.25, 0.3) is 5.91 Å². The number of halogens is 1. The van der Waals surface area contributed by atoms with Gasteiger partial charge in [-0.25, -0.2) is 0 Å². The van der Waals surface area contributed by atoms with Gasteiger partial charge in [0.15, 0.2) is 0 Å². The minimum Gasteiger partial charge on any atom is -0.375 e. The fraction of sp³-hybridized carbons (Fsp3) is 0.333. The van der Waals surface area contributed by atoms with Crippen LogP contribution in [0.2, 0.25) is 5.02 Å². The number of likely N-dealkylation sites (tertiary alicyclic amines) is 1. The van der Waals surface area contributed by atoms with Crippen molar-refractivity contribution in [3.63, 3.8) is 0 Å². The van der Waals surface area contributed by atoms with Gasteiger partial charge in [0.05, 0.1) is 12.1 Å². The lowest BCUT2D eigenvalue weighted by Gasteiger charge is -2.18. The maximum absolute atomic E-state index is 12.8. The van der Waals surface area contributed by atoms with Crippen molar-refractivity contribution in [2.24, 2.45) is 0 Å². The van der Waals surface area contributed by atoms with Crippen LogP contribution in [0.4, 0.5) is 11.4 Å². The molecule has 0 aromatic heterocycles. The lowest BCUT2D eigenvalue weighted by Crippen LogP contribution is -2.29. The average Bonchev–Trinajstić information content (AvgIpc) is 3.21. The van der Waals surface area contributed by atoms with Crippen molar-refractivity contribution < 1.29 is 9.59 Å². The first-order chi connectivity index (χ1) is 13.1. The van der Waals surface area contributed by atoms with Crippen LogP contribution in [0.5, 0.6) is 0 Å². The number of carbonyl (C=O) groups excluding carboxylic acids is 2. The zero-order chi connectivity index (χ0) is 19.2. The van der Waals surface area contributed by atoms with E-state index in [4.69, 9.17) is 11.6 Å². The Bertz CT molecular complexity index is 832. The van der Waals surface area contributed by atoms with Crippen LogP contribution < -0.4 is 10.6 Å². The van der Waals surface area contributed by atoms with E-state index in [2.05, 4.69) is 17.6 Å².